The highest BCUT2D eigenvalue weighted by atomic mass is 15.3. The molecule has 0 aliphatic heterocycles. The number of hydrogen-bond acceptors (Lipinski definition) is 3. The lowest BCUT2D eigenvalue weighted by Crippen LogP contribution is -2.29. The number of nitrogens with one attached hydrogen (secondary N) is 1. The van der Waals surface area contributed by atoms with Gasteiger partial charge in [-0.1, -0.05) is 6.42 Å². The molecule has 2 atom stereocenters. The summed E-state index contributed by atoms with van der Waals surface area (Å²) < 4.78 is 1.92. The molecule has 0 saturated heterocycles. The molecule has 1 aliphatic rings. The van der Waals surface area contributed by atoms with Gasteiger partial charge in [-0.15, -0.1) is 0 Å². The molecule has 0 aromatic carbocycles. The lowest BCUT2D eigenvalue weighted by atomic mass is 10.00. The van der Waals surface area contributed by atoms with Crippen molar-refractivity contribution in [2.24, 2.45) is 5.92 Å². The van der Waals surface area contributed by atoms with Crippen molar-refractivity contribution >= 4 is 0 Å². The molecule has 1 aliphatic carbocycles. The van der Waals surface area contributed by atoms with Gasteiger partial charge in [0, 0.05) is 12.6 Å². The summed E-state index contributed by atoms with van der Waals surface area (Å²) in [6, 6.07) is 0.721. The lowest BCUT2D eigenvalue weighted by molar-refractivity contribution is 0.369. The molecule has 0 spiro atoms. The second-order valence-electron chi connectivity index (χ2n) is 4.03. The van der Waals surface area contributed by atoms with E-state index < -0.39 is 0 Å². The van der Waals surface area contributed by atoms with Crippen molar-refractivity contribution < 1.29 is 0 Å². The molecule has 4 nitrogen and oxygen atoms in total. The topological polar surface area (TPSA) is 42.7 Å². The Hall–Kier alpha value is -0.900. The van der Waals surface area contributed by atoms with E-state index in [9.17, 15) is 0 Å². The second-order valence-corrected chi connectivity index (χ2v) is 4.03. The fourth-order valence-electron chi connectivity index (χ4n) is 2.41. The third-order valence-electron chi connectivity index (χ3n) is 3.23. The van der Waals surface area contributed by atoms with Crippen molar-refractivity contribution in [1.29, 1.82) is 0 Å². The van der Waals surface area contributed by atoms with Crippen molar-refractivity contribution in [3.8, 4) is 0 Å². The van der Waals surface area contributed by atoms with Crippen molar-refractivity contribution in [2.45, 2.75) is 38.3 Å². The zero-order chi connectivity index (χ0) is 9.80. The fraction of sp³-hybridized carbons (Fsp3) is 0.800. The molecule has 1 aromatic heterocycles. The third-order valence-corrected chi connectivity index (χ3v) is 3.23. The molecule has 2 rings (SSSR count). The smallest absolute Gasteiger partial charge is 0.137 e. The Bertz CT molecular complexity index is 257. The minimum atomic E-state index is 0.721. The number of nitrogens with zero attached hydrogens (tertiary/aromatic N) is 3. The van der Waals surface area contributed by atoms with Gasteiger partial charge in [0.1, 0.15) is 12.7 Å². The summed E-state index contributed by atoms with van der Waals surface area (Å²) in [6.45, 7) is 1.00. The fourth-order valence-corrected chi connectivity index (χ4v) is 2.41. The number of hydrogen-bond donors (Lipinski definition) is 1. The maximum Gasteiger partial charge on any atom is 0.137 e. The highest BCUT2D eigenvalue weighted by molar-refractivity contribution is 4.81. The molecule has 0 amide bonds. The molecular weight excluding hydrogens is 176 g/mol. The molecule has 4 heteroatoms. The largest absolute Gasteiger partial charge is 0.317 e. The minimum absolute atomic E-state index is 0.721. The SMILES string of the molecule is CNC1CCCC1CCn1cncn1. The van der Waals surface area contributed by atoms with Crippen LogP contribution >= 0.6 is 0 Å². The van der Waals surface area contributed by atoms with E-state index in [-0.39, 0.29) is 0 Å². The van der Waals surface area contributed by atoms with E-state index in [0.717, 1.165) is 18.5 Å². The van der Waals surface area contributed by atoms with Gasteiger partial charge in [0.25, 0.3) is 0 Å². The highest BCUT2D eigenvalue weighted by Gasteiger charge is 2.25. The molecule has 0 radical (unpaired) electrons. The summed E-state index contributed by atoms with van der Waals surface area (Å²) in [4.78, 5) is 3.94. The van der Waals surface area contributed by atoms with Crippen molar-refractivity contribution in [2.75, 3.05) is 7.05 Å². The van der Waals surface area contributed by atoms with Crippen LogP contribution in [-0.2, 0) is 6.54 Å². The molecule has 1 aromatic rings. The average Bonchev–Trinajstić information content (AvgIpc) is 2.85. The summed E-state index contributed by atoms with van der Waals surface area (Å²) in [6.07, 6.45) is 8.68. The maximum absolute atomic E-state index is 4.11. The first kappa shape index (κ1) is 9.65. The van der Waals surface area contributed by atoms with Crippen LogP contribution < -0.4 is 5.32 Å². The zero-order valence-corrected chi connectivity index (χ0v) is 8.69. The molecule has 14 heavy (non-hydrogen) atoms. The van der Waals surface area contributed by atoms with Gasteiger partial charge in [-0.2, -0.15) is 5.10 Å². The van der Waals surface area contributed by atoms with Gasteiger partial charge >= 0.3 is 0 Å². The van der Waals surface area contributed by atoms with Gasteiger partial charge in [0.05, 0.1) is 0 Å². The van der Waals surface area contributed by atoms with E-state index >= 15 is 0 Å². The van der Waals surface area contributed by atoms with Gasteiger partial charge < -0.3 is 5.32 Å². The van der Waals surface area contributed by atoms with Gasteiger partial charge in [0.15, 0.2) is 0 Å². The standard InChI is InChI=1S/C10H18N4/c1-11-10-4-2-3-9(10)5-6-14-8-12-7-13-14/h7-11H,2-6H2,1H3. The number of aromatic nitrogens is 3. The van der Waals surface area contributed by atoms with E-state index in [1.165, 1.54) is 25.7 Å². The van der Waals surface area contributed by atoms with Crippen LogP contribution in [0.5, 0.6) is 0 Å². The first-order chi connectivity index (χ1) is 6.90. The molecular formula is C10H18N4. The van der Waals surface area contributed by atoms with Crippen molar-refractivity contribution in [3.63, 3.8) is 0 Å². The summed E-state index contributed by atoms with van der Waals surface area (Å²) in [5, 5.41) is 7.51. The Morgan fingerprint density at radius 2 is 2.43 bits per heavy atom. The monoisotopic (exact) mass is 194 g/mol. The first-order valence-electron chi connectivity index (χ1n) is 5.40. The number of aryl methyl sites for hydroxylation is 1. The van der Waals surface area contributed by atoms with Crippen LogP contribution in [0, 0.1) is 5.92 Å². The van der Waals surface area contributed by atoms with Gasteiger partial charge in [-0.3, -0.25) is 4.68 Å². The van der Waals surface area contributed by atoms with Gasteiger partial charge in [0.2, 0.25) is 0 Å². The van der Waals surface area contributed by atoms with Crippen LogP contribution in [0.4, 0.5) is 0 Å². The molecule has 78 valence electrons. The average molecular weight is 194 g/mol. The van der Waals surface area contributed by atoms with Gasteiger partial charge in [-0.05, 0) is 32.2 Å². The van der Waals surface area contributed by atoms with E-state index in [4.69, 9.17) is 0 Å². The summed E-state index contributed by atoms with van der Waals surface area (Å²) in [5.41, 5.74) is 0. The molecule has 1 N–H and O–H groups in total. The summed E-state index contributed by atoms with van der Waals surface area (Å²) >= 11 is 0. The summed E-state index contributed by atoms with van der Waals surface area (Å²) in [7, 11) is 2.07. The Kier molecular flexibility index (Phi) is 3.14. The summed E-state index contributed by atoms with van der Waals surface area (Å²) in [5.74, 6) is 0.823. The number of rotatable bonds is 4. The Balaban J connectivity index is 1.80. The second kappa shape index (κ2) is 4.55. The van der Waals surface area contributed by atoms with Crippen molar-refractivity contribution in [3.05, 3.63) is 12.7 Å². The molecule has 1 saturated carbocycles. The predicted octanol–water partition coefficient (Wildman–Crippen LogP) is 1.06. The zero-order valence-electron chi connectivity index (χ0n) is 8.69. The van der Waals surface area contributed by atoms with Crippen LogP contribution in [-0.4, -0.2) is 27.9 Å². The molecule has 2 unspecified atom stereocenters. The van der Waals surface area contributed by atoms with E-state index in [0.29, 0.717) is 0 Å². The van der Waals surface area contributed by atoms with Crippen LogP contribution in [0.2, 0.25) is 0 Å². The Morgan fingerprint density at radius 3 is 3.14 bits per heavy atom. The molecule has 0 bridgehead atoms. The van der Waals surface area contributed by atoms with Gasteiger partial charge in [-0.25, -0.2) is 4.98 Å². The quantitative estimate of drug-likeness (QED) is 0.779. The van der Waals surface area contributed by atoms with Crippen LogP contribution in [0.25, 0.3) is 0 Å². The van der Waals surface area contributed by atoms with E-state index in [2.05, 4.69) is 22.4 Å². The predicted molar refractivity (Wildman–Crippen MR) is 54.8 cm³/mol. The molecule has 1 heterocycles. The van der Waals surface area contributed by atoms with Crippen LogP contribution in [0.1, 0.15) is 25.7 Å². The third kappa shape index (κ3) is 2.12. The normalized spacial score (nSPS) is 26.9. The van der Waals surface area contributed by atoms with Crippen LogP contribution in [0.3, 0.4) is 0 Å². The van der Waals surface area contributed by atoms with Crippen molar-refractivity contribution in [1.82, 2.24) is 20.1 Å². The maximum atomic E-state index is 4.11. The minimum Gasteiger partial charge on any atom is -0.317 e. The highest BCUT2D eigenvalue weighted by Crippen LogP contribution is 2.28. The Labute approximate surface area is 84.7 Å². The van der Waals surface area contributed by atoms with E-state index in [1.807, 2.05) is 4.68 Å². The van der Waals surface area contributed by atoms with Crippen LogP contribution in [0.15, 0.2) is 12.7 Å². The molecule has 1 fully saturated rings. The first-order valence-corrected chi connectivity index (χ1v) is 5.40. The lowest BCUT2D eigenvalue weighted by Gasteiger charge is -2.18. The van der Waals surface area contributed by atoms with E-state index in [1.54, 1.807) is 12.7 Å². The Morgan fingerprint density at radius 1 is 1.50 bits per heavy atom.